The maximum absolute atomic E-state index is 13.1. The Morgan fingerprint density at radius 3 is 2.69 bits per heavy atom. The van der Waals surface area contributed by atoms with E-state index < -0.39 is 0 Å². The number of H-pyrrole nitrogens is 1. The lowest BCUT2D eigenvalue weighted by molar-refractivity contribution is 0.0358. The largest absolute Gasteiger partial charge is 0.379 e. The smallest absolute Gasteiger partial charge is 0.252 e. The molecule has 1 N–H and O–H groups in total. The van der Waals surface area contributed by atoms with Crippen molar-refractivity contribution in [1.82, 2.24) is 35.0 Å². The summed E-state index contributed by atoms with van der Waals surface area (Å²) in [5, 5.41) is 13.8. The van der Waals surface area contributed by atoms with Gasteiger partial charge in [-0.3, -0.25) is 14.6 Å². The summed E-state index contributed by atoms with van der Waals surface area (Å²) in [6, 6.07) is 6.65. The average molecular weight is 480 g/mol. The summed E-state index contributed by atoms with van der Waals surface area (Å²) < 4.78 is 7.52. The molecular weight excluding hydrogens is 442 g/mol. The van der Waals surface area contributed by atoms with E-state index in [-0.39, 0.29) is 5.56 Å². The van der Waals surface area contributed by atoms with Crippen molar-refractivity contribution in [2.45, 2.75) is 65.1 Å². The number of hydrogen-bond donors (Lipinski definition) is 1. The van der Waals surface area contributed by atoms with Crippen LogP contribution in [-0.2, 0) is 17.8 Å². The molecule has 1 aromatic carbocycles. The molecule has 1 saturated heterocycles. The molecule has 0 atom stereocenters. The minimum Gasteiger partial charge on any atom is -0.379 e. The van der Waals surface area contributed by atoms with Gasteiger partial charge in [-0.1, -0.05) is 25.0 Å². The van der Waals surface area contributed by atoms with Crippen LogP contribution in [0, 0.1) is 13.8 Å². The molecule has 2 fully saturated rings. The summed E-state index contributed by atoms with van der Waals surface area (Å²) in [7, 11) is 0. The van der Waals surface area contributed by atoms with Crippen molar-refractivity contribution in [2.24, 2.45) is 0 Å². The Morgan fingerprint density at radius 2 is 1.89 bits per heavy atom. The molecule has 0 bridgehead atoms. The van der Waals surface area contributed by atoms with Crippen molar-refractivity contribution < 1.29 is 4.74 Å². The fourth-order valence-corrected chi connectivity index (χ4v) is 5.48. The molecule has 0 radical (unpaired) electrons. The van der Waals surface area contributed by atoms with E-state index in [0.29, 0.717) is 19.1 Å². The van der Waals surface area contributed by atoms with Crippen LogP contribution in [0.1, 0.15) is 60.7 Å². The Morgan fingerprint density at radius 1 is 1.11 bits per heavy atom. The molecule has 2 aromatic heterocycles. The van der Waals surface area contributed by atoms with Gasteiger partial charge in [-0.25, -0.2) is 4.68 Å². The second kappa shape index (κ2) is 11.0. The molecule has 2 aliphatic rings. The van der Waals surface area contributed by atoms with Gasteiger partial charge in [-0.15, -0.1) is 5.10 Å². The maximum atomic E-state index is 13.1. The van der Waals surface area contributed by atoms with Crippen molar-refractivity contribution in [3.63, 3.8) is 0 Å². The lowest BCUT2D eigenvalue weighted by atomic mass is 10.0. The number of aryl methyl sites for hydroxylation is 2. The van der Waals surface area contributed by atoms with Gasteiger partial charge in [0.05, 0.1) is 31.3 Å². The van der Waals surface area contributed by atoms with E-state index in [1.165, 1.54) is 18.4 Å². The zero-order valence-corrected chi connectivity index (χ0v) is 21.0. The fraction of sp³-hybridized carbons (Fsp3) is 0.615. The number of nitrogens with one attached hydrogen (secondary N) is 1. The average Bonchev–Trinajstić information content (AvgIpc) is 3.55. The molecule has 3 heterocycles. The molecule has 0 spiro atoms. The van der Waals surface area contributed by atoms with Crippen molar-refractivity contribution in [3.8, 4) is 0 Å². The standard InChI is InChI=1S/C26H37N7O2/c1-19-8-9-20(2)25-23(19)16-21(26(34)27-25)17-32(11-5-10-31-12-14-35-15-13-31)18-24-28-29-30-33(24)22-6-3-4-7-22/h8-9,16,22H,3-7,10-15,17-18H2,1-2H3,(H,27,34). The number of benzene rings is 1. The van der Waals surface area contributed by atoms with Crippen LogP contribution < -0.4 is 5.56 Å². The van der Waals surface area contributed by atoms with Crippen LogP contribution in [0.25, 0.3) is 10.9 Å². The molecular formula is C26H37N7O2. The van der Waals surface area contributed by atoms with Crippen LogP contribution >= 0.6 is 0 Å². The van der Waals surface area contributed by atoms with Gasteiger partial charge in [0, 0.05) is 37.1 Å². The number of hydrogen-bond acceptors (Lipinski definition) is 7. The number of morpholine rings is 1. The van der Waals surface area contributed by atoms with Crippen LogP contribution in [0.15, 0.2) is 23.0 Å². The lowest BCUT2D eigenvalue weighted by Gasteiger charge is -2.28. The first-order chi connectivity index (χ1) is 17.1. The summed E-state index contributed by atoms with van der Waals surface area (Å²) in [5.74, 6) is 0.896. The third-order valence-corrected chi connectivity index (χ3v) is 7.56. The second-order valence-corrected chi connectivity index (χ2v) is 10.1. The van der Waals surface area contributed by atoms with Gasteiger partial charge in [0.15, 0.2) is 5.82 Å². The predicted octanol–water partition coefficient (Wildman–Crippen LogP) is 2.97. The SMILES string of the molecule is Cc1ccc(C)c2[nH]c(=O)c(CN(CCCN3CCOCC3)Cc3nnnn3C3CCCC3)cc12. The number of rotatable bonds is 9. The monoisotopic (exact) mass is 479 g/mol. The van der Waals surface area contributed by atoms with Crippen LogP contribution in [0.2, 0.25) is 0 Å². The first kappa shape index (κ1) is 24.1. The molecule has 3 aromatic rings. The summed E-state index contributed by atoms with van der Waals surface area (Å²) in [6.07, 6.45) is 5.77. The van der Waals surface area contributed by atoms with E-state index in [0.717, 1.165) is 86.5 Å². The normalized spacial score (nSPS) is 17.7. The predicted molar refractivity (Wildman–Crippen MR) is 135 cm³/mol. The first-order valence-electron chi connectivity index (χ1n) is 13.0. The number of fused-ring (bicyclic) bond motifs is 1. The number of nitrogens with zero attached hydrogens (tertiary/aromatic N) is 6. The van der Waals surface area contributed by atoms with Gasteiger partial charge in [0.25, 0.3) is 5.56 Å². The Hall–Kier alpha value is -2.62. The molecule has 9 heteroatoms. The van der Waals surface area contributed by atoms with E-state index in [1.54, 1.807) is 0 Å². The molecule has 0 amide bonds. The van der Waals surface area contributed by atoms with Crippen molar-refractivity contribution in [1.29, 1.82) is 0 Å². The van der Waals surface area contributed by atoms with Gasteiger partial charge < -0.3 is 9.72 Å². The zero-order chi connectivity index (χ0) is 24.2. The summed E-state index contributed by atoms with van der Waals surface area (Å²) in [4.78, 5) is 21.0. The van der Waals surface area contributed by atoms with Gasteiger partial charge in [0.2, 0.25) is 0 Å². The molecule has 1 saturated carbocycles. The van der Waals surface area contributed by atoms with Crippen LogP contribution in [0.4, 0.5) is 0 Å². The van der Waals surface area contributed by atoms with Crippen LogP contribution in [0.3, 0.4) is 0 Å². The number of ether oxygens (including phenoxy) is 1. The highest BCUT2D eigenvalue weighted by atomic mass is 16.5. The Labute approximate surface area is 206 Å². The van der Waals surface area contributed by atoms with E-state index >= 15 is 0 Å². The Kier molecular flexibility index (Phi) is 7.55. The molecule has 5 rings (SSSR count). The van der Waals surface area contributed by atoms with Gasteiger partial charge in [-0.05, 0) is 67.3 Å². The minimum atomic E-state index is -0.0141. The highest BCUT2D eigenvalue weighted by Gasteiger charge is 2.23. The van der Waals surface area contributed by atoms with Crippen molar-refractivity contribution in [2.75, 3.05) is 39.4 Å². The van der Waals surface area contributed by atoms with Gasteiger partial charge >= 0.3 is 0 Å². The maximum Gasteiger partial charge on any atom is 0.252 e. The summed E-state index contributed by atoms with van der Waals surface area (Å²) in [6.45, 7) is 10.8. The quantitative estimate of drug-likeness (QED) is 0.504. The Bertz CT molecular complexity index is 1190. The zero-order valence-electron chi connectivity index (χ0n) is 21.0. The number of pyridine rings is 1. The third-order valence-electron chi connectivity index (χ3n) is 7.56. The van der Waals surface area contributed by atoms with E-state index in [4.69, 9.17) is 4.74 Å². The molecule has 0 unspecified atom stereocenters. The van der Waals surface area contributed by atoms with Gasteiger partial charge in [-0.2, -0.15) is 0 Å². The summed E-state index contributed by atoms with van der Waals surface area (Å²) >= 11 is 0. The highest BCUT2D eigenvalue weighted by molar-refractivity contribution is 5.85. The molecule has 188 valence electrons. The molecule has 1 aliphatic carbocycles. The number of tetrazole rings is 1. The third kappa shape index (κ3) is 5.63. The van der Waals surface area contributed by atoms with Crippen LogP contribution in [0.5, 0.6) is 0 Å². The van der Waals surface area contributed by atoms with E-state index in [9.17, 15) is 4.79 Å². The topological polar surface area (TPSA) is 92.2 Å². The van der Waals surface area contributed by atoms with Gasteiger partial charge in [0.1, 0.15) is 0 Å². The fourth-order valence-electron chi connectivity index (χ4n) is 5.48. The second-order valence-electron chi connectivity index (χ2n) is 10.1. The van der Waals surface area contributed by atoms with Crippen LogP contribution in [-0.4, -0.2) is 74.4 Å². The molecule has 9 nitrogen and oxygen atoms in total. The first-order valence-corrected chi connectivity index (χ1v) is 13.0. The molecule has 35 heavy (non-hydrogen) atoms. The highest BCUT2D eigenvalue weighted by Crippen LogP contribution is 2.29. The van der Waals surface area contributed by atoms with Crippen molar-refractivity contribution in [3.05, 3.63) is 51.1 Å². The Balaban J connectivity index is 1.36. The lowest BCUT2D eigenvalue weighted by Crippen LogP contribution is -2.38. The number of aromatic nitrogens is 5. The van der Waals surface area contributed by atoms with Crippen molar-refractivity contribution >= 4 is 10.9 Å². The number of aromatic amines is 1. The molecule has 1 aliphatic heterocycles. The summed E-state index contributed by atoms with van der Waals surface area (Å²) in [5.41, 5.74) is 3.97. The minimum absolute atomic E-state index is 0.0141. The van der Waals surface area contributed by atoms with E-state index in [1.807, 2.05) is 11.6 Å². The van der Waals surface area contributed by atoms with E-state index in [2.05, 4.69) is 55.4 Å².